The second-order valence-electron chi connectivity index (χ2n) is 5.90. The highest BCUT2D eigenvalue weighted by Gasteiger charge is 2.44. The molecule has 2 saturated heterocycles. The third kappa shape index (κ3) is 2.24. The minimum Gasteiger partial charge on any atom is -0.316 e. The van der Waals surface area contributed by atoms with Crippen LogP contribution in [0.4, 0.5) is 0 Å². The van der Waals surface area contributed by atoms with Crippen LogP contribution in [-0.4, -0.2) is 38.1 Å². The Morgan fingerprint density at radius 1 is 1.22 bits per heavy atom. The number of piperidine rings is 1. The van der Waals surface area contributed by atoms with Gasteiger partial charge >= 0.3 is 0 Å². The van der Waals surface area contributed by atoms with Crippen molar-refractivity contribution in [2.75, 3.05) is 33.2 Å². The molecule has 2 fully saturated rings. The quantitative estimate of drug-likeness (QED) is 0.858. The van der Waals surface area contributed by atoms with Gasteiger partial charge < -0.3 is 10.2 Å². The number of likely N-dealkylation sites (tertiary alicyclic amines) is 1. The maximum absolute atomic E-state index is 3.63. The lowest BCUT2D eigenvalue weighted by Crippen LogP contribution is -2.41. The second-order valence-corrected chi connectivity index (χ2v) is 6.82. The van der Waals surface area contributed by atoms with Crippen LogP contribution in [0.3, 0.4) is 0 Å². The van der Waals surface area contributed by atoms with E-state index >= 15 is 0 Å². The molecule has 98 valence electrons. The van der Waals surface area contributed by atoms with E-state index in [0.717, 1.165) is 6.54 Å². The second kappa shape index (κ2) is 4.95. The summed E-state index contributed by atoms with van der Waals surface area (Å²) in [6.07, 6.45) is 2.66. The minimum absolute atomic E-state index is 0.500. The van der Waals surface area contributed by atoms with Crippen molar-refractivity contribution in [1.82, 2.24) is 10.2 Å². The average molecular weight is 309 g/mol. The number of hydrogen-bond acceptors (Lipinski definition) is 2. The van der Waals surface area contributed by atoms with E-state index in [-0.39, 0.29) is 0 Å². The smallest absolute Gasteiger partial charge is 0.0175 e. The Morgan fingerprint density at radius 3 is 2.56 bits per heavy atom. The van der Waals surface area contributed by atoms with Crippen molar-refractivity contribution in [3.63, 3.8) is 0 Å². The van der Waals surface area contributed by atoms with Crippen molar-refractivity contribution in [3.05, 3.63) is 34.3 Å². The van der Waals surface area contributed by atoms with Crippen molar-refractivity contribution in [3.8, 4) is 0 Å². The summed E-state index contributed by atoms with van der Waals surface area (Å²) in [5.74, 6) is 0.694. The zero-order valence-electron chi connectivity index (χ0n) is 11.0. The van der Waals surface area contributed by atoms with Gasteiger partial charge in [-0.25, -0.2) is 0 Å². The highest BCUT2D eigenvalue weighted by Crippen LogP contribution is 2.46. The van der Waals surface area contributed by atoms with E-state index in [0.29, 0.717) is 11.3 Å². The van der Waals surface area contributed by atoms with Crippen LogP contribution in [0.1, 0.15) is 24.3 Å². The standard InChI is InChI=1S/C15H21BrN2/c1-18-8-6-15(7-9-18)11-17-10-14(15)12-2-4-13(16)5-3-12/h2-5,14,17H,6-11H2,1H3. The van der Waals surface area contributed by atoms with Crippen LogP contribution in [-0.2, 0) is 0 Å². The molecule has 1 atom stereocenters. The lowest BCUT2D eigenvalue weighted by molar-refractivity contribution is 0.124. The molecule has 0 aromatic heterocycles. The summed E-state index contributed by atoms with van der Waals surface area (Å²) in [5.41, 5.74) is 2.01. The van der Waals surface area contributed by atoms with E-state index in [4.69, 9.17) is 0 Å². The maximum atomic E-state index is 3.63. The first-order chi connectivity index (χ1) is 8.70. The van der Waals surface area contributed by atoms with Crippen molar-refractivity contribution in [2.45, 2.75) is 18.8 Å². The summed E-state index contributed by atoms with van der Waals surface area (Å²) < 4.78 is 1.18. The van der Waals surface area contributed by atoms with E-state index < -0.39 is 0 Å². The van der Waals surface area contributed by atoms with E-state index in [2.05, 4.69) is 57.5 Å². The number of nitrogens with zero attached hydrogens (tertiary/aromatic N) is 1. The molecule has 1 aromatic carbocycles. The zero-order valence-corrected chi connectivity index (χ0v) is 12.5. The van der Waals surface area contributed by atoms with Crippen LogP contribution < -0.4 is 5.32 Å². The van der Waals surface area contributed by atoms with Crippen molar-refractivity contribution in [2.24, 2.45) is 5.41 Å². The molecule has 0 saturated carbocycles. The van der Waals surface area contributed by atoms with Crippen molar-refractivity contribution >= 4 is 15.9 Å². The normalized spacial score (nSPS) is 27.8. The number of rotatable bonds is 1. The number of hydrogen-bond donors (Lipinski definition) is 1. The highest BCUT2D eigenvalue weighted by atomic mass is 79.9. The fourth-order valence-electron chi connectivity index (χ4n) is 3.56. The van der Waals surface area contributed by atoms with Gasteiger partial charge in [0.25, 0.3) is 0 Å². The Bertz CT molecular complexity index is 407. The van der Waals surface area contributed by atoms with E-state index in [9.17, 15) is 0 Å². The van der Waals surface area contributed by atoms with Gasteiger partial charge in [0.2, 0.25) is 0 Å². The molecule has 1 spiro atoms. The van der Waals surface area contributed by atoms with E-state index in [1.54, 1.807) is 0 Å². The van der Waals surface area contributed by atoms with Crippen LogP contribution in [0.2, 0.25) is 0 Å². The minimum atomic E-state index is 0.500. The third-order valence-corrected chi connectivity index (χ3v) is 5.35. The van der Waals surface area contributed by atoms with E-state index in [1.807, 2.05) is 0 Å². The Labute approximate surface area is 118 Å². The molecule has 0 amide bonds. The molecular formula is C15H21BrN2. The largest absolute Gasteiger partial charge is 0.316 e. The Hall–Kier alpha value is -0.380. The fourth-order valence-corrected chi connectivity index (χ4v) is 3.83. The molecule has 2 aliphatic heterocycles. The molecule has 18 heavy (non-hydrogen) atoms. The molecule has 3 heteroatoms. The van der Waals surface area contributed by atoms with Gasteiger partial charge in [-0.3, -0.25) is 0 Å². The predicted octanol–water partition coefficient (Wildman–Crippen LogP) is 2.85. The first-order valence-corrected chi connectivity index (χ1v) is 7.64. The third-order valence-electron chi connectivity index (χ3n) is 4.82. The average Bonchev–Trinajstić information content (AvgIpc) is 2.78. The molecule has 1 unspecified atom stereocenters. The van der Waals surface area contributed by atoms with Crippen LogP contribution in [0.25, 0.3) is 0 Å². The summed E-state index contributed by atoms with van der Waals surface area (Å²) in [6.45, 7) is 4.83. The molecule has 2 aliphatic rings. The monoisotopic (exact) mass is 308 g/mol. The first-order valence-electron chi connectivity index (χ1n) is 6.84. The van der Waals surface area contributed by atoms with Crippen LogP contribution >= 0.6 is 15.9 Å². The topological polar surface area (TPSA) is 15.3 Å². The van der Waals surface area contributed by atoms with Gasteiger partial charge in [-0.15, -0.1) is 0 Å². The molecule has 0 aliphatic carbocycles. The lowest BCUT2D eigenvalue weighted by Gasteiger charge is -2.41. The molecule has 3 rings (SSSR count). The number of benzene rings is 1. The molecule has 1 N–H and O–H groups in total. The van der Waals surface area contributed by atoms with Crippen LogP contribution in [0.15, 0.2) is 28.7 Å². The first kappa shape index (κ1) is 12.6. The molecule has 2 heterocycles. The molecule has 0 bridgehead atoms. The molecule has 2 nitrogen and oxygen atoms in total. The zero-order chi connectivity index (χ0) is 12.6. The maximum Gasteiger partial charge on any atom is 0.0175 e. The molecule has 1 aromatic rings. The fraction of sp³-hybridized carbons (Fsp3) is 0.600. The van der Waals surface area contributed by atoms with Gasteiger partial charge in [-0.2, -0.15) is 0 Å². The summed E-state index contributed by atoms with van der Waals surface area (Å²) >= 11 is 3.53. The molecular weight excluding hydrogens is 288 g/mol. The van der Waals surface area contributed by atoms with Gasteiger partial charge in [0.1, 0.15) is 0 Å². The number of halogens is 1. The Kier molecular flexibility index (Phi) is 3.48. The van der Waals surface area contributed by atoms with Gasteiger partial charge in [0.05, 0.1) is 0 Å². The summed E-state index contributed by atoms with van der Waals surface area (Å²) in [5, 5.41) is 3.63. The van der Waals surface area contributed by atoms with Crippen molar-refractivity contribution in [1.29, 1.82) is 0 Å². The summed E-state index contributed by atoms with van der Waals surface area (Å²) in [4.78, 5) is 2.46. The van der Waals surface area contributed by atoms with Gasteiger partial charge in [-0.05, 0) is 56.1 Å². The summed E-state index contributed by atoms with van der Waals surface area (Å²) in [7, 11) is 2.24. The van der Waals surface area contributed by atoms with Crippen molar-refractivity contribution < 1.29 is 0 Å². The number of nitrogens with one attached hydrogen (secondary N) is 1. The Balaban J connectivity index is 1.84. The Morgan fingerprint density at radius 2 is 1.89 bits per heavy atom. The van der Waals surface area contributed by atoms with Gasteiger partial charge in [0, 0.05) is 23.5 Å². The van der Waals surface area contributed by atoms with E-state index in [1.165, 1.54) is 42.5 Å². The van der Waals surface area contributed by atoms with Crippen LogP contribution in [0, 0.1) is 5.41 Å². The SMILES string of the molecule is CN1CCC2(CC1)CNCC2c1ccc(Br)cc1. The molecule has 0 radical (unpaired) electrons. The van der Waals surface area contributed by atoms with Gasteiger partial charge in [0.15, 0.2) is 0 Å². The van der Waals surface area contributed by atoms with Crippen LogP contribution in [0.5, 0.6) is 0 Å². The summed E-state index contributed by atoms with van der Waals surface area (Å²) in [6, 6.07) is 8.94. The lowest BCUT2D eigenvalue weighted by atomic mass is 9.68. The van der Waals surface area contributed by atoms with Gasteiger partial charge in [-0.1, -0.05) is 28.1 Å². The predicted molar refractivity (Wildman–Crippen MR) is 78.9 cm³/mol. The highest BCUT2D eigenvalue weighted by molar-refractivity contribution is 9.10.